The molecule has 0 spiro atoms. The molecule has 0 aliphatic rings. The Morgan fingerprint density at radius 2 is 2.00 bits per heavy atom. The highest BCUT2D eigenvalue weighted by molar-refractivity contribution is 7.89. The van der Waals surface area contributed by atoms with Gasteiger partial charge in [0.1, 0.15) is 21.7 Å². The van der Waals surface area contributed by atoms with Gasteiger partial charge in [0.2, 0.25) is 10.0 Å². The summed E-state index contributed by atoms with van der Waals surface area (Å²) in [6.07, 6.45) is 1.34. The Hall–Kier alpha value is -1.57. The van der Waals surface area contributed by atoms with Gasteiger partial charge in [0.05, 0.1) is 0 Å². The number of sulfonamides is 1. The van der Waals surface area contributed by atoms with Gasteiger partial charge in [-0.2, -0.15) is 0 Å². The molecule has 1 heterocycles. The molecule has 0 bridgehead atoms. The Morgan fingerprint density at radius 1 is 1.29 bits per heavy atom. The fourth-order valence-electron chi connectivity index (χ4n) is 1.78. The second-order valence-corrected chi connectivity index (χ2v) is 6.34. The van der Waals surface area contributed by atoms with Gasteiger partial charge in [-0.25, -0.2) is 26.9 Å². The number of aromatic nitrogens is 1. The van der Waals surface area contributed by atoms with Crippen LogP contribution in [0.3, 0.4) is 0 Å². The molecule has 1 aromatic heterocycles. The molecule has 1 unspecified atom stereocenters. The monoisotopic (exact) mass is 332 g/mol. The first-order valence-corrected chi connectivity index (χ1v) is 7.75. The number of hydrogen-bond acceptors (Lipinski definition) is 3. The van der Waals surface area contributed by atoms with E-state index >= 15 is 0 Å². The molecule has 0 saturated carbocycles. The lowest BCUT2D eigenvalue weighted by Gasteiger charge is -2.15. The summed E-state index contributed by atoms with van der Waals surface area (Å²) in [4.78, 5) is 3.44. The van der Waals surface area contributed by atoms with Crippen molar-refractivity contribution >= 4 is 21.6 Å². The lowest BCUT2D eigenvalue weighted by atomic mass is 10.1. The van der Waals surface area contributed by atoms with E-state index in [4.69, 9.17) is 11.6 Å². The fourth-order valence-corrected chi connectivity index (χ4v) is 3.45. The zero-order chi connectivity index (χ0) is 15.6. The van der Waals surface area contributed by atoms with Crippen molar-refractivity contribution in [3.63, 3.8) is 0 Å². The molecule has 112 valence electrons. The van der Waals surface area contributed by atoms with Crippen molar-refractivity contribution in [2.45, 2.75) is 17.9 Å². The predicted molar refractivity (Wildman–Crippen MR) is 74.3 cm³/mol. The van der Waals surface area contributed by atoms with Crippen LogP contribution in [0.5, 0.6) is 0 Å². The van der Waals surface area contributed by atoms with Crippen molar-refractivity contribution < 1.29 is 17.2 Å². The third kappa shape index (κ3) is 3.55. The summed E-state index contributed by atoms with van der Waals surface area (Å²) in [5.41, 5.74) is -0.0985. The average molecular weight is 333 g/mol. The summed E-state index contributed by atoms with van der Waals surface area (Å²) in [5, 5.41) is -0.197. The van der Waals surface area contributed by atoms with Crippen LogP contribution in [0.2, 0.25) is 5.15 Å². The SMILES string of the molecule is CC(NS(=O)(=O)c1cccnc1Cl)c1cc(F)ccc1F. The molecular weight excluding hydrogens is 322 g/mol. The van der Waals surface area contributed by atoms with Crippen LogP contribution >= 0.6 is 11.6 Å². The summed E-state index contributed by atoms with van der Waals surface area (Å²) in [6.45, 7) is 1.40. The highest BCUT2D eigenvalue weighted by Gasteiger charge is 2.23. The minimum absolute atomic E-state index is 0.0985. The number of nitrogens with zero attached hydrogens (tertiary/aromatic N) is 1. The van der Waals surface area contributed by atoms with Crippen molar-refractivity contribution in [1.82, 2.24) is 9.71 Å². The molecule has 0 radical (unpaired) electrons. The van der Waals surface area contributed by atoms with Gasteiger partial charge in [-0.1, -0.05) is 11.6 Å². The fraction of sp³-hybridized carbons (Fsp3) is 0.154. The molecule has 0 amide bonds. The molecule has 1 N–H and O–H groups in total. The zero-order valence-corrected chi connectivity index (χ0v) is 12.4. The Morgan fingerprint density at radius 3 is 2.67 bits per heavy atom. The van der Waals surface area contributed by atoms with Crippen LogP contribution < -0.4 is 4.72 Å². The van der Waals surface area contributed by atoms with E-state index in [1.807, 2.05) is 0 Å². The van der Waals surface area contributed by atoms with E-state index in [1.165, 1.54) is 25.3 Å². The summed E-state index contributed by atoms with van der Waals surface area (Å²) < 4.78 is 53.4. The van der Waals surface area contributed by atoms with E-state index in [1.54, 1.807) is 0 Å². The Bertz CT molecular complexity index is 769. The van der Waals surface area contributed by atoms with Crippen LogP contribution in [-0.4, -0.2) is 13.4 Å². The van der Waals surface area contributed by atoms with Crippen LogP contribution in [0.25, 0.3) is 0 Å². The van der Waals surface area contributed by atoms with Gasteiger partial charge in [-0.05, 0) is 37.3 Å². The Labute approximate surface area is 125 Å². The van der Waals surface area contributed by atoms with Crippen molar-refractivity contribution in [2.24, 2.45) is 0 Å². The number of rotatable bonds is 4. The van der Waals surface area contributed by atoms with E-state index in [2.05, 4.69) is 9.71 Å². The van der Waals surface area contributed by atoms with Crippen LogP contribution in [0, 0.1) is 11.6 Å². The minimum Gasteiger partial charge on any atom is -0.243 e. The van der Waals surface area contributed by atoms with Crippen molar-refractivity contribution in [1.29, 1.82) is 0 Å². The van der Waals surface area contributed by atoms with Crippen molar-refractivity contribution in [2.75, 3.05) is 0 Å². The molecule has 1 aromatic carbocycles. The van der Waals surface area contributed by atoms with Crippen LogP contribution in [-0.2, 0) is 10.0 Å². The largest absolute Gasteiger partial charge is 0.244 e. The molecule has 0 saturated heterocycles. The molecule has 2 aromatic rings. The lowest BCUT2D eigenvalue weighted by molar-refractivity contribution is 0.541. The summed E-state index contributed by atoms with van der Waals surface area (Å²) >= 11 is 5.73. The summed E-state index contributed by atoms with van der Waals surface area (Å²) in [6, 6.07) is 4.54. The van der Waals surface area contributed by atoms with E-state index in [9.17, 15) is 17.2 Å². The molecular formula is C13H11ClF2N2O2S. The number of nitrogens with one attached hydrogen (secondary N) is 1. The molecule has 0 aliphatic heterocycles. The lowest BCUT2D eigenvalue weighted by Crippen LogP contribution is -2.28. The molecule has 0 aliphatic carbocycles. The molecule has 1 atom stereocenters. The first-order chi connectivity index (χ1) is 9.81. The van der Waals surface area contributed by atoms with Gasteiger partial charge in [0, 0.05) is 17.8 Å². The van der Waals surface area contributed by atoms with Gasteiger partial charge in [-0.3, -0.25) is 0 Å². The second-order valence-electron chi connectivity index (χ2n) is 4.30. The number of pyridine rings is 1. The van der Waals surface area contributed by atoms with Gasteiger partial charge in [0.15, 0.2) is 0 Å². The summed E-state index contributed by atoms with van der Waals surface area (Å²) in [5.74, 6) is -1.36. The molecule has 0 fully saturated rings. The van der Waals surface area contributed by atoms with Crippen molar-refractivity contribution in [3.8, 4) is 0 Å². The topological polar surface area (TPSA) is 59.1 Å². The summed E-state index contributed by atoms with van der Waals surface area (Å²) in [7, 11) is -4.00. The maximum Gasteiger partial charge on any atom is 0.244 e. The Kier molecular flexibility index (Phi) is 4.55. The number of halogens is 3. The highest BCUT2D eigenvalue weighted by Crippen LogP contribution is 2.23. The second kappa shape index (κ2) is 6.05. The van der Waals surface area contributed by atoms with Crippen LogP contribution in [0.1, 0.15) is 18.5 Å². The maximum atomic E-state index is 13.6. The van der Waals surface area contributed by atoms with E-state index in [0.29, 0.717) is 0 Å². The first-order valence-electron chi connectivity index (χ1n) is 5.89. The normalized spacial score (nSPS) is 13.1. The van der Waals surface area contributed by atoms with Gasteiger partial charge in [-0.15, -0.1) is 0 Å². The first kappa shape index (κ1) is 15.8. The number of hydrogen-bond donors (Lipinski definition) is 1. The molecule has 4 nitrogen and oxygen atoms in total. The zero-order valence-electron chi connectivity index (χ0n) is 10.8. The minimum atomic E-state index is -4.00. The highest BCUT2D eigenvalue weighted by atomic mass is 35.5. The Balaban J connectivity index is 2.33. The van der Waals surface area contributed by atoms with E-state index < -0.39 is 27.7 Å². The molecule has 8 heteroatoms. The molecule has 2 rings (SSSR count). The van der Waals surface area contributed by atoms with E-state index in [0.717, 1.165) is 18.2 Å². The van der Waals surface area contributed by atoms with Crippen molar-refractivity contribution in [3.05, 3.63) is 58.9 Å². The third-order valence-corrected chi connectivity index (χ3v) is 4.76. The molecule has 21 heavy (non-hydrogen) atoms. The average Bonchev–Trinajstić information content (AvgIpc) is 2.41. The smallest absolute Gasteiger partial charge is 0.243 e. The standard InChI is InChI=1S/C13H11ClF2N2O2S/c1-8(10-7-9(15)4-5-11(10)16)18-21(19,20)12-3-2-6-17-13(12)14/h2-8,18H,1H3. The van der Waals surface area contributed by atoms with Gasteiger partial charge < -0.3 is 0 Å². The maximum absolute atomic E-state index is 13.6. The number of benzene rings is 1. The van der Waals surface area contributed by atoms with Crippen LogP contribution in [0.4, 0.5) is 8.78 Å². The quantitative estimate of drug-likeness (QED) is 0.875. The van der Waals surface area contributed by atoms with Gasteiger partial charge in [0.25, 0.3) is 0 Å². The van der Waals surface area contributed by atoms with E-state index in [-0.39, 0.29) is 15.6 Å². The third-order valence-electron chi connectivity index (χ3n) is 2.77. The van der Waals surface area contributed by atoms with Gasteiger partial charge >= 0.3 is 0 Å². The van der Waals surface area contributed by atoms with Crippen LogP contribution in [0.15, 0.2) is 41.4 Å². The predicted octanol–water partition coefficient (Wildman–Crippen LogP) is 3.05.